The van der Waals surface area contributed by atoms with E-state index in [0.29, 0.717) is 12.1 Å². The van der Waals surface area contributed by atoms with Gasteiger partial charge in [0.1, 0.15) is 5.69 Å². The molecule has 0 spiro atoms. The van der Waals surface area contributed by atoms with E-state index in [-0.39, 0.29) is 5.78 Å². The van der Waals surface area contributed by atoms with E-state index in [2.05, 4.69) is 22.1 Å². The summed E-state index contributed by atoms with van der Waals surface area (Å²) in [4.78, 5) is 20.4. The number of hydrogen-bond acceptors (Lipinski definition) is 4. The maximum atomic E-state index is 12.2. The Morgan fingerprint density at radius 2 is 2.05 bits per heavy atom. The van der Waals surface area contributed by atoms with Gasteiger partial charge in [-0.25, -0.2) is 4.98 Å². The second-order valence-corrected chi connectivity index (χ2v) is 5.31. The Morgan fingerprint density at radius 3 is 2.84 bits per heavy atom. The van der Waals surface area contributed by atoms with Crippen molar-refractivity contribution >= 4 is 27.2 Å². The molecular weight excluding hydrogens is 256 g/mol. The highest BCUT2D eigenvalue weighted by molar-refractivity contribution is 7.17. The summed E-state index contributed by atoms with van der Waals surface area (Å²) in [6.45, 7) is 1.85. The number of nitrogens with zero attached hydrogens (tertiary/aromatic N) is 2. The van der Waals surface area contributed by atoms with E-state index in [0.717, 1.165) is 16.6 Å². The number of Topliss-reactive ketones (excluding diaryl/α,β-unsaturated/α-hetero) is 1. The number of ketones is 1. The fourth-order valence-corrected chi connectivity index (χ4v) is 2.93. The van der Waals surface area contributed by atoms with Crippen molar-refractivity contribution in [3.8, 4) is 0 Å². The summed E-state index contributed by atoms with van der Waals surface area (Å²) in [5.74, 6) is 0.0102. The highest BCUT2D eigenvalue weighted by Gasteiger charge is 2.12. The molecule has 2 aromatic heterocycles. The molecule has 2 heterocycles. The number of hydrogen-bond donors (Lipinski definition) is 0. The predicted octanol–water partition coefficient (Wildman–Crippen LogP) is 3.43. The summed E-state index contributed by atoms with van der Waals surface area (Å²) in [7, 11) is 0. The van der Waals surface area contributed by atoms with Crippen molar-refractivity contribution in [3.05, 3.63) is 59.0 Å². The predicted molar refractivity (Wildman–Crippen MR) is 76.6 cm³/mol. The maximum Gasteiger partial charge on any atom is 0.187 e. The zero-order valence-electron chi connectivity index (χ0n) is 10.5. The molecule has 0 saturated carbocycles. The van der Waals surface area contributed by atoms with E-state index >= 15 is 0 Å². The molecule has 3 nitrogen and oxygen atoms in total. The molecule has 0 aliphatic heterocycles. The lowest BCUT2D eigenvalue weighted by atomic mass is 10.1. The van der Waals surface area contributed by atoms with Crippen molar-refractivity contribution in [1.29, 1.82) is 0 Å². The summed E-state index contributed by atoms with van der Waals surface area (Å²) in [6.07, 6.45) is 3.55. The molecule has 94 valence electrons. The molecule has 0 N–H and O–H groups in total. The molecule has 0 amide bonds. The molecular formula is C15H12N2OS. The lowest BCUT2D eigenvalue weighted by Gasteiger charge is -2.00. The van der Waals surface area contributed by atoms with Gasteiger partial charge in [0.25, 0.3) is 0 Å². The van der Waals surface area contributed by atoms with Gasteiger partial charge in [-0.1, -0.05) is 18.2 Å². The fraction of sp³-hybridized carbons (Fsp3) is 0.133. The van der Waals surface area contributed by atoms with Crippen LogP contribution in [-0.2, 0) is 6.42 Å². The first-order chi connectivity index (χ1) is 9.24. The highest BCUT2D eigenvalue weighted by atomic mass is 32.1. The van der Waals surface area contributed by atoms with E-state index in [9.17, 15) is 4.79 Å². The van der Waals surface area contributed by atoms with E-state index in [1.54, 1.807) is 23.7 Å². The molecule has 0 fully saturated rings. The Morgan fingerprint density at radius 1 is 1.21 bits per heavy atom. The molecule has 4 heteroatoms. The van der Waals surface area contributed by atoms with Crippen molar-refractivity contribution in [3.63, 3.8) is 0 Å². The maximum absolute atomic E-state index is 12.2. The van der Waals surface area contributed by atoms with E-state index in [1.807, 2.05) is 24.4 Å². The van der Waals surface area contributed by atoms with Gasteiger partial charge in [-0.05, 0) is 29.3 Å². The number of aromatic nitrogens is 2. The third-order valence-corrected chi connectivity index (χ3v) is 3.99. The van der Waals surface area contributed by atoms with Crippen molar-refractivity contribution in [2.45, 2.75) is 13.3 Å². The van der Waals surface area contributed by atoms with Crippen LogP contribution in [0.4, 0.5) is 0 Å². The number of thiophene rings is 1. The lowest BCUT2D eigenvalue weighted by molar-refractivity contribution is 0.0988. The summed E-state index contributed by atoms with van der Waals surface area (Å²) in [6, 6.07) is 8.12. The van der Waals surface area contributed by atoms with Crippen LogP contribution in [0.1, 0.15) is 21.7 Å². The SMILES string of the molecule is Cc1cnc(C(=O)Cc2csc3ccccc23)cn1. The standard InChI is InChI=1S/C15H12N2OS/c1-10-7-17-13(8-16-10)14(18)6-11-9-19-15-5-3-2-4-12(11)15/h2-5,7-9H,6H2,1H3. The smallest absolute Gasteiger partial charge is 0.187 e. The highest BCUT2D eigenvalue weighted by Crippen LogP contribution is 2.26. The van der Waals surface area contributed by atoms with Crippen LogP contribution >= 0.6 is 11.3 Å². The molecule has 0 atom stereocenters. The minimum absolute atomic E-state index is 0.0102. The molecule has 0 radical (unpaired) electrons. The normalized spacial score (nSPS) is 10.8. The molecule has 0 saturated heterocycles. The largest absolute Gasteiger partial charge is 0.292 e. The lowest BCUT2D eigenvalue weighted by Crippen LogP contribution is -2.06. The average molecular weight is 268 g/mol. The van der Waals surface area contributed by atoms with Crippen LogP contribution < -0.4 is 0 Å². The van der Waals surface area contributed by atoms with Gasteiger partial charge in [0.2, 0.25) is 0 Å². The van der Waals surface area contributed by atoms with Gasteiger partial charge in [0.05, 0.1) is 11.9 Å². The zero-order valence-corrected chi connectivity index (χ0v) is 11.3. The van der Waals surface area contributed by atoms with Crippen LogP contribution in [0.2, 0.25) is 0 Å². The second-order valence-electron chi connectivity index (χ2n) is 4.40. The van der Waals surface area contributed by atoms with Gasteiger partial charge in [-0.15, -0.1) is 11.3 Å². The molecule has 0 bridgehead atoms. The third-order valence-electron chi connectivity index (χ3n) is 2.98. The Kier molecular flexibility index (Phi) is 3.09. The zero-order chi connectivity index (χ0) is 13.2. The van der Waals surface area contributed by atoms with Gasteiger partial charge < -0.3 is 0 Å². The topological polar surface area (TPSA) is 42.9 Å². The number of carbonyl (C=O) groups is 1. The van der Waals surface area contributed by atoms with Crippen molar-refractivity contribution in [1.82, 2.24) is 9.97 Å². The quantitative estimate of drug-likeness (QED) is 0.683. The van der Waals surface area contributed by atoms with Crippen LogP contribution in [0.15, 0.2) is 42.0 Å². The summed E-state index contributed by atoms with van der Waals surface area (Å²) < 4.78 is 1.21. The number of rotatable bonds is 3. The number of aryl methyl sites for hydroxylation is 1. The van der Waals surface area contributed by atoms with Gasteiger partial charge in [-0.2, -0.15) is 0 Å². The molecule has 3 aromatic rings. The Labute approximate surface area is 115 Å². The van der Waals surface area contributed by atoms with Crippen molar-refractivity contribution < 1.29 is 4.79 Å². The average Bonchev–Trinajstić information content (AvgIpc) is 2.83. The number of benzene rings is 1. The monoisotopic (exact) mass is 268 g/mol. The Balaban J connectivity index is 1.89. The molecule has 1 aromatic carbocycles. The van der Waals surface area contributed by atoms with Crippen LogP contribution in [0.3, 0.4) is 0 Å². The minimum atomic E-state index is 0.0102. The van der Waals surface area contributed by atoms with Gasteiger partial charge in [-0.3, -0.25) is 9.78 Å². The minimum Gasteiger partial charge on any atom is -0.292 e. The summed E-state index contributed by atoms with van der Waals surface area (Å²) >= 11 is 1.67. The summed E-state index contributed by atoms with van der Waals surface area (Å²) in [5.41, 5.74) is 2.31. The van der Waals surface area contributed by atoms with Crippen LogP contribution in [0.25, 0.3) is 10.1 Å². The molecule has 19 heavy (non-hydrogen) atoms. The first-order valence-electron chi connectivity index (χ1n) is 6.01. The van der Waals surface area contributed by atoms with E-state index < -0.39 is 0 Å². The molecule has 0 unspecified atom stereocenters. The molecule has 3 rings (SSSR count). The Bertz CT molecular complexity index is 731. The third kappa shape index (κ3) is 2.39. The fourth-order valence-electron chi connectivity index (χ4n) is 1.97. The van der Waals surface area contributed by atoms with Crippen LogP contribution in [0.5, 0.6) is 0 Å². The van der Waals surface area contributed by atoms with Gasteiger partial charge >= 0.3 is 0 Å². The van der Waals surface area contributed by atoms with Gasteiger partial charge in [0.15, 0.2) is 5.78 Å². The van der Waals surface area contributed by atoms with Crippen molar-refractivity contribution in [2.75, 3.05) is 0 Å². The van der Waals surface area contributed by atoms with Gasteiger partial charge in [0, 0.05) is 17.3 Å². The first-order valence-corrected chi connectivity index (χ1v) is 6.89. The van der Waals surface area contributed by atoms with E-state index in [4.69, 9.17) is 0 Å². The number of fused-ring (bicyclic) bond motifs is 1. The van der Waals surface area contributed by atoms with E-state index in [1.165, 1.54) is 4.70 Å². The first kappa shape index (κ1) is 12.0. The Hall–Kier alpha value is -2.07. The summed E-state index contributed by atoms with van der Waals surface area (Å²) in [5, 5.41) is 3.20. The molecule has 0 aliphatic carbocycles. The second kappa shape index (κ2) is 4.90. The molecule has 0 aliphatic rings. The van der Waals surface area contributed by atoms with Crippen LogP contribution in [0, 0.1) is 6.92 Å². The van der Waals surface area contributed by atoms with Crippen LogP contribution in [-0.4, -0.2) is 15.8 Å². The van der Waals surface area contributed by atoms with Crippen molar-refractivity contribution in [2.24, 2.45) is 0 Å². The number of carbonyl (C=O) groups excluding carboxylic acids is 1.